The monoisotopic (exact) mass is 284 g/mol. The van der Waals surface area contributed by atoms with E-state index in [0.29, 0.717) is 36.4 Å². The van der Waals surface area contributed by atoms with Crippen LogP contribution in [0.25, 0.3) is 0 Å². The van der Waals surface area contributed by atoms with Crippen molar-refractivity contribution >= 4 is 23.3 Å². The first-order valence-electron chi connectivity index (χ1n) is 6.02. The van der Waals surface area contributed by atoms with Gasteiger partial charge in [0.05, 0.1) is 5.41 Å². The zero-order chi connectivity index (χ0) is 14.0. The molecule has 0 aliphatic carbocycles. The highest BCUT2D eigenvalue weighted by Crippen LogP contribution is 2.32. The van der Waals surface area contributed by atoms with Gasteiger partial charge in [0.1, 0.15) is 17.6 Å². The Bertz CT molecular complexity index is 497. The third kappa shape index (κ3) is 2.96. The maximum Gasteiger partial charge on any atom is 0.225 e. The molecule has 1 unspecified atom stereocenters. The van der Waals surface area contributed by atoms with Gasteiger partial charge in [-0.15, -0.1) is 0 Å². The second kappa shape index (κ2) is 5.30. The Morgan fingerprint density at radius 3 is 2.95 bits per heavy atom. The van der Waals surface area contributed by atoms with Crippen LogP contribution in [0.2, 0.25) is 5.15 Å². The quantitative estimate of drug-likeness (QED) is 0.834. The number of nitrogens with zero attached hydrogens (tertiary/aromatic N) is 3. The number of primary amides is 1. The average molecular weight is 285 g/mol. The maximum absolute atomic E-state index is 11.5. The van der Waals surface area contributed by atoms with E-state index in [1.807, 2.05) is 11.8 Å². The Kier molecular flexibility index (Phi) is 3.91. The molecule has 0 aromatic carbocycles. The van der Waals surface area contributed by atoms with E-state index in [1.54, 1.807) is 13.2 Å². The predicted molar refractivity (Wildman–Crippen MR) is 71.9 cm³/mol. The standard InChI is InChI=1S/C12H17ClN4O2/c1-12(11(14)18)3-4-17(7-12)10-5-8(13)15-9(16-10)6-19-2/h5H,3-4,6-7H2,1-2H3,(H2,14,18). The molecule has 1 saturated heterocycles. The Labute approximate surface area is 116 Å². The smallest absolute Gasteiger partial charge is 0.225 e. The number of hydrogen-bond acceptors (Lipinski definition) is 5. The number of nitrogens with two attached hydrogens (primary N) is 1. The van der Waals surface area contributed by atoms with Gasteiger partial charge in [0.25, 0.3) is 0 Å². The van der Waals surface area contributed by atoms with Gasteiger partial charge in [0, 0.05) is 26.3 Å². The van der Waals surface area contributed by atoms with Crippen LogP contribution in [0.4, 0.5) is 5.82 Å². The number of carbonyl (C=O) groups excluding carboxylic acids is 1. The fourth-order valence-corrected chi connectivity index (χ4v) is 2.36. The van der Waals surface area contributed by atoms with Gasteiger partial charge in [-0.05, 0) is 13.3 Å². The summed E-state index contributed by atoms with van der Waals surface area (Å²) in [5.74, 6) is 0.946. The SMILES string of the molecule is COCc1nc(Cl)cc(N2CCC(C)(C(N)=O)C2)n1. The van der Waals surface area contributed by atoms with Gasteiger partial charge in [-0.1, -0.05) is 11.6 Å². The zero-order valence-corrected chi connectivity index (χ0v) is 11.8. The van der Waals surface area contributed by atoms with Crippen molar-refractivity contribution in [2.24, 2.45) is 11.1 Å². The molecule has 104 valence electrons. The first kappa shape index (κ1) is 14.0. The third-order valence-corrected chi connectivity index (χ3v) is 3.59. The molecule has 0 bridgehead atoms. The maximum atomic E-state index is 11.5. The lowest BCUT2D eigenvalue weighted by atomic mass is 9.89. The van der Waals surface area contributed by atoms with Gasteiger partial charge in [0.2, 0.25) is 5.91 Å². The highest BCUT2D eigenvalue weighted by Gasteiger charge is 2.39. The number of aromatic nitrogens is 2. The summed E-state index contributed by atoms with van der Waals surface area (Å²) >= 11 is 5.97. The molecule has 1 fully saturated rings. The Morgan fingerprint density at radius 2 is 2.37 bits per heavy atom. The van der Waals surface area contributed by atoms with Crippen LogP contribution in [0, 0.1) is 5.41 Å². The molecule has 7 heteroatoms. The number of carbonyl (C=O) groups is 1. The summed E-state index contributed by atoms with van der Waals surface area (Å²) in [6.45, 7) is 3.43. The molecular formula is C12H17ClN4O2. The Morgan fingerprint density at radius 1 is 1.63 bits per heavy atom. The van der Waals surface area contributed by atoms with Gasteiger partial charge in [-0.2, -0.15) is 0 Å². The third-order valence-electron chi connectivity index (χ3n) is 3.39. The molecule has 1 aliphatic heterocycles. The highest BCUT2D eigenvalue weighted by molar-refractivity contribution is 6.29. The van der Waals surface area contributed by atoms with Crippen LogP contribution in [-0.4, -0.2) is 36.1 Å². The minimum atomic E-state index is -0.515. The summed E-state index contributed by atoms with van der Waals surface area (Å²) in [6.07, 6.45) is 0.712. The van der Waals surface area contributed by atoms with Crippen LogP contribution >= 0.6 is 11.6 Å². The normalized spacial score (nSPS) is 22.8. The van der Waals surface area contributed by atoms with Gasteiger partial charge in [0.15, 0.2) is 5.82 Å². The number of ether oxygens (including phenoxy) is 1. The lowest BCUT2D eigenvalue weighted by molar-refractivity contribution is -0.125. The van der Waals surface area contributed by atoms with E-state index in [4.69, 9.17) is 22.1 Å². The van der Waals surface area contributed by atoms with Crippen molar-refractivity contribution in [2.45, 2.75) is 20.0 Å². The fraction of sp³-hybridized carbons (Fsp3) is 0.583. The van der Waals surface area contributed by atoms with Gasteiger partial charge < -0.3 is 15.4 Å². The molecule has 2 heterocycles. The minimum Gasteiger partial charge on any atom is -0.377 e. The molecule has 0 spiro atoms. The molecule has 1 aromatic heterocycles. The second-order valence-electron chi connectivity index (χ2n) is 4.99. The number of methoxy groups -OCH3 is 1. The van der Waals surface area contributed by atoms with Crippen LogP contribution < -0.4 is 10.6 Å². The topological polar surface area (TPSA) is 81.3 Å². The number of rotatable bonds is 4. The lowest BCUT2D eigenvalue weighted by Crippen LogP contribution is -2.37. The first-order chi connectivity index (χ1) is 8.94. The van der Waals surface area contributed by atoms with Crippen molar-refractivity contribution in [3.8, 4) is 0 Å². The van der Waals surface area contributed by atoms with Crippen molar-refractivity contribution in [1.29, 1.82) is 0 Å². The van der Waals surface area contributed by atoms with E-state index >= 15 is 0 Å². The Hall–Kier alpha value is -1.40. The molecule has 19 heavy (non-hydrogen) atoms. The summed E-state index contributed by atoms with van der Waals surface area (Å²) in [4.78, 5) is 21.9. The molecule has 1 amide bonds. The van der Waals surface area contributed by atoms with Gasteiger partial charge in [-0.3, -0.25) is 4.79 Å². The molecule has 2 rings (SSSR count). The van der Waals surface area contributed by atoms with E-state index in [2.05, 4.69) is 9.97 Å². The highest BCUT2D eigenvalue weighted by atomic mass is 35.5. The van der Waals surface area contributed by atoms with Crippen molar-refractivity contribution in [1.82, 2.24) is 9.97 Å². The molecule has 0 saturated carbocycles. The van der Waals surface area contributed by atoms with Crippen molar-refractivity contribution in [2.75, 3.05) is 25.1 Å². The van der Waals surface area contributed by atoms with Crippen LogP contribution in [0.3, 0.4) is 0 Å². The van der Waals surface area contributed by atoms with E-state index in [1.165, 1.54) is 0 Å². The summed E-state index contributed by atoms with van der Waals surface area (Å²) in [5.41, 5.74) is 4.92. The van der Waals surface area contributed by atoms with Crippen molar-refractivity contribution < 1.29 is 9.53 Å². The summed E-state index contributed by atoms with van der Waals surface area (Å²) in [7, 11) is 1.57. The molecule has 6 nitrogen and oxygen atoms in total. The van der Waals surface area contributed by atoms with Crippen LogP contribution in [0.1, 0.15) is 19.2 Å². The van der Waals surface area contributed by atoms with Crippen molar-refractivity contribution in [3.63, 3.8) is 0 Å². The van der Waals surface area contributed by atoms with Crippen LogP contribution in [0.5, 0.6) is 0 Å². The summed E-state index contributed by atoms with van der Waals surface area (Å²) < 4.78 is 5.00. The molecule has 2 N–H and O–H groups in total. The number of amides is 1. The number of halogens is 1. The minimum absolute atomic E-state index is 0.285. The Balaban J connectivity index is 2.21. The fourth-order valence-electron chi connectivity index (χ4n) is 2.16. The molecule has 1 aromatic rings. The largest absolute Gasteiger partial charge is 0.377 e. The van der Waals surface area contributed by atoms with Gasteiger partial charge in [-0.25, -0.2) is 9.97 Å². The molecule has 0 radical (unpaired) electrons. The summed E-state index contributed by atoms with van der Waals surface area (Å²) in [5, 5.41) is 0.365. The van der Waals surface area contributed by atoms with E-state index in [9.17, 15) is 4.79 Å². The van der Waals surface area contributed by atoms with E-state index in [-0.39, 0.29) is 5.91 Å². The summed E-state index contributed by atoms with van der Waals surface area (Å²) in [6, 6.07) is 1.69. The molecule has 1 aliphatic rings. The first-order valence-corrected chi connectivity index (χ1v) is 6.40. The molecular weight excluding hydrogens is 268 g/mol. The predicted octanol–water partition coefficient (Wildman–Crippen LogP) is 0.978. The lowest BCUT2D eigenvalue weighted by Gasteiger charge is -2.22. The van der Waals surface area contributed by atoms with Crippen molar-refractivity contribution in [3.05, 3.63) is 17.0 Å². The average Bonchev–Trinajstić information content (AvgIpc) is 2.73. The van der Waals surface area contributed by atoms with E-state index in [0.717, 1.165) is 6.54 Å². The second-order valence-corrected chi connectivity index (χ2v) is 5.38. The van der Waals surface area contributed by atoms with E-state index < -0.39 is 5.41 Å². The zero-order valence-electron chi connectivity index (χ0n) is 11.0. The van der Waals surface area contributed by atoms with Gasteiger partial charge >= 0.3 is 0 Å². The van der Waals surface area contributed by atoms with Crippen LogP contribution in [0.15, 0.2) is 6.07 Å². The molecule has 1 atom stereocenters. The number of hydrogen-bond donors (Lipinski definition) is 1. The number of anilines is 1. The van der Waals surface area contributed by atoms with Crippen LogP contribution in [-0.2, 0) is 16.1 Å².